The summed E-state index contributed by atoms with van der Waals surface area (Å²) in [5, 5.41) is 0. The normalized spacial score (nSPS) is 13.1. The number of methoxy groups -OCH3 is 1. The third kappa shape index (κ3) is 4.04. The molecule has 0 aliphatic carbocycles. The van der Waals surface area contributed by atoms with Crippen molar-refractivity contribution in [3.63, 3.8) is 0 Å². The topological polar surface area (TPSA) is 61.8 Å². The number of benzene rings is 4. The molecule has 0 saturated heterocycles. The lowest BCUT2D eigenvalue weighted by Gasteiger charge is -2.28. The van der Waals surface area contributed by atoms with E-state index in [1.807, 2.05) is 66.7 Å². The Labute approximate surface area is 197 Å². The van der Waals surface area contributed by atoms with E-state index in [2.05, 4.69) is 0 Å². The van der Waals surface area contributed by atoms with Gasteiger partial charge in [0, 0.05) is 22.3 Å². The molecule has 0 amide bonds. The molecule has 1 aliphatic rings. The minimum Gasteiger partial charge on any atom is -0.497 e. The minimum absolute atomic E-state index is 0.309. The Balaban J connectivity index is 1.52. The Morgan fingerprint density at radius 1 is 0.735 bits per heavy atom. The quantitative estimate of drug-likeness (QED) is 0.262. The molecule has 0 N–H and O–H groups in total. The van der Waals surface area contributed by atoms with Gasteiger partial charge in [0.2, 0.25) is 5.78 Å². The molecule has 34 heavy (non-hydrogen) atoms. The van der Waals surface area contributed by atoms with Gasteiger partial charge in [-0.1, -0.05) is 66.7 Å². The zero-order valence-electron chi connectivity index (χ0n) is 18.5. The third-order valence-electron chi connectivity index (χ3n) is 5.86. The van der Waals surface area contributed by atoms with E-state index in [0.717, 1.165) is 0 Å². The molecule has 4 aromatic rings. The molecule has 1 atom stereocenters. The van der Waals surface area contributed by atoms with E-state index in [9.17, 15) is 9.59 Å². The van der Waals surface area contributed by atoms with E-state index in [0.29, 0.717) is 39.5 Å². The molecule has 1 heterocycles. The van der Waals surface area contributed by atoms with Crippen molar-refractivity contribution in [2.45, 2.75) is 12.0 Å². The highest BCUT2D eigenvalue weighted by molar-refractivity contribution is 6.01. The molecule has 4 aromatic carbocycles. The van der Waals surface area contributed by atoms with E-state index < -0.39 is 18.0 Å². The Morgan fingerprint density at radius 3 is 1.88 bits per heavy atom. The number of carbonyl (C=O) groups excluding carboxylic acids is 2. The summed E-state index contributed by atoms with van der Waals surface area (Å²) in [6.45, 7) is 0. The van der Waals surface area contributed by atoms with Crippen LogP contribution in [0.1, 0.15) is 39.1 Å². The number of ketones is 1. The largest absolute Gasteiger partial charge is 0.497 e. The number of rotatable bonds is 6. The second-order valence-electron chi connectivity index (χ2n) is 7.93. The van der Waals surface area contributed by atoms with Crippen LogP contribution in [0.2, 0.25) is 0 Å². The summed E-state index contributed by atoms with van der Waals surface area (Å²) < 4.78 is 17.2. The first kappa shape index (κ1) is 21.5. The van der Waals surface area contributed by atoms with Crippen molar-refractivity contribution in [3.05, 3.63) is 125 Å². The fourth-order valence-corrected chi connectivity index (χ4v) is 4.16. The van der Waals surface area contributed by atoms with E-state index in [4.69, 9.17) is 14.2 Å². The van der Waals surface area contributed by atoms with Gasteiger partial charge in [-0.3, -0.25) is 9.59 Å². The molecular formula is C29H22O5. The van der Waals surface area contributed by atoms with Gasteiger partial charge in [-0.05, 0) is 36.4 Å². The van der Waals surface area contributed by atoms with Gasteiger partial charge in [0.25, 0.3) is 0 Å². The van der Waals surface area contributed by atoms with Crippen LogP contribution in [-0.4, -0.2) is 18.9 Å². The highest BCUT2D eigenvalue weighted by Gasteiger charge is 2.36. The molecule has 0 spiro atoms. The lowest BCUT2D eigenvalue weighted by atomic mass is 9.88. The van der Waals surface area contributed by atoms with Crippen LogP contribution in [-0.2, 0) is 9.53 Å². The highest BCUT2D eigenvalue weighted by atomic mass is 16.5. The monoisotopic (exact) mass is 450 g/mol. The van der Waals surface area contributed by atoms with Crippen LogP contribution in [0.3, 0.4) is 0 Å². The predicted octanol–water partition coefficient (Wildman–Crippen LogP) is 6.10. The average molecular weight is 450 g/mol. The highest BCUT2D eigenvalue weighted by Crippen LogP contribution is 2.45. The van der Waals surface area contributed by atoms with Gasteiger partial charge in [0.15, 0.2) is 6.10 Å². The van der Waals surface area contributed by atoms with Crippen molar-refractivity contribution in [1.29, 1.82) is 0 Å². The Hall–Kier alpha value is -4.38. The van der Waals surface area contributed by atoms with E-state index in [1.54, 1.807) is 43.5 Å². The van der Waals surface area contributed by atoms with Crippen molar-refractivity contribution in [3.8, 4) is 17.2 Å². The molecule has 5 rings (SSSR count). The minimum atomic E-state index is -1.09. The van der Waals surface area contributed by atoms with E-state index in [-0.39, 0.29) is 5.78 Å². The zero-order valence-corrected chi connectivity index (χ0v) is 18.5. The first-order chi connectivity index (χ1) is 16.7. The molecule has 168 valence electrons. The van der Waals surface area contributed by atoms with Gasteiger partial charge in [-0.15, -0.1) is 0 Å². The maximum Gasteiger partial charge on any atom is 0.319 e. The van der Waals surface area contributed by atoms with Crippen LogP contribution in [0.4, 0.5) is 0 Å². The molecule has 0 fully saturated rings. The maximum atomic E-state index is 13.7. The number of carbonyl (C=O) groups is 2. The van der Waals surface area contributed by atoms with Crippen molar-refractivity contribution in [2.75, 3.05) is 7.11 Å². The smallest absolute Gasteiger partial charge is 0.319 e. The van der Waals surface area contributed by atoms with Crippen LogP contribution in [0.25, 0.3) is 0 Å². The number of hydrogen-bond donors (Lipinski definition) is 0. The van der Waals surface area contributed by atoms with Crippen molar-refractivity contribution in [1.82, 2.24) is 0 Å². The molecule has 0 saturated carbocycles. The molecular weight excluding hydrogens is 428 g/mol. The summed E-state index contributed by atoms with van der Waals surface area (Å²) in [5.41, 5.74) is 2.44. The number of hydrogen-bond acceptors (Lipinski definition) is 5. The van der Waals surface area contributed by atoms with Crippen LogP contribution in [0.15, 0.2) is 103 Å². The van der Waals surface area contributed by atoms with Gasteiger partial charge in [-0.2, -0.15) is 0 Å². The fraction of sp³-hybridized carbons (Fsp3) is 0.103. The third-order valence-corrected chi connectivity index (χ3v) is 5.86. The molecule has 0 unspecified atom stereocenters. The van der Waals surface area contributed by atoms with Gasteiger partial charge >= 0.3 is 5.97 Å². The lowest BCUT2D eigenvalue weighted by Crippen LogP contribution is -2.26. The summed E-state index contributed by atoms with van der Waals surface area (Å²) >= 11 is 0. The standard InChI is InChI=1S/C29H22O5/c1-32-21-17-15-19(16-18-21)27(30)28(20-9-3-2-4-10-20)34-29(31)26-22-11-5-7-13-24(22)33-25-14-8-6-12-23(25)26/h2-18,26,28H,1H3/t28-/m0/s1. The molecule has 5 heteroatoms. The Bertz CT molecular complexity index is 1280. The van der Waals surface area contributed by atoms with Gasteiger partial charge in [0.1, 0.15) is 23.2 Å². The lowest BCUT2D eigenvalue weighted by molar-refractivity contribution is -0.148. The molecule has 0 bridgehead atoms. The second kappa shape index (κ2) is 9.24. The molecule has 0 radical (unpaired) electrons. The fourth-order valence-electron chi connectivity index (χ4n) is 4.16. The summed E-state index contributed by atoms with van der Waals surface area (Å²) in [4.78, 5) is 27.2. The van der Waals surface area contributed by atoms with Crippen molar-refractivity contribution >= 4 is 11.8 Å². The molecule has 1 aliphatic heterocycles. The predicted molar refractivity (Wildman–Crippen MR) is 127 cm³/mol. The van der Waals surface area contributed by atoms with Gasteiger partial charge in [-0.25, -0.2) is 0 Å². The van der Waals surface area contributed by atoms with Crippen molar-refractivity contribution < 1.29 is 23.8 Å². The summed E-state index contributed by atoms with van der Waals surface area (Å²) in [6.07, 6.45) is -1.09. The number of fused-ring (bicyclic) bond motifs is 2. The summed E-state index contributed by atoms with van der Waals surface area (Å²) in [5.74, 6) is 0.299. The first-order valence-electron chi connectivity index (χ1n) is 10.9. The number of esters is 1. The Kier molecular flexibility index (Phi) is 5.83. The van der Waals surface area contributed by atoms with Crippen LogP contribution in [0.5, 0.6) is 17.2 Å². The van der Waals surface area contributed by atoms with E-state index >= 15 is 0 Å². The summed E-state index contributed by atoms with van der Waals surface area (Å²) in [6, 6.07) is 30.6. The maximum absolute atomic E-state index is 13.7. The van der Waals surface area contributed by atoms with E-state index in [1.165, 1.54) is 0 Å². The Morgan fingerprint density at radius 2 is 1.29 bits per heavy atom. The van der Waals surface area contributed by atoms with Crippen molar-refractivity contribution in [2.24, 2.45) is 0 Å². The second-order valence-corrected chi connectivity index (χ2v) is 7.93. The average Bonchev–Trinajstić information content (AvgIpc) is 2.90. The first-order valence-corrected chi connectivity index (χ1v) is 10.9. The zero-order chi connectivity index (χ0) is 23.5. The number of ether oxygens (including phenoxy) is 3. The van der Waals surface area contributed by atoms with Crippen LogP contribution < -0.4 is 9.47 Å². The van der Waals surface area contributed by atoms with Gasteiger partial charge < -0.3 is 14.2 Å². The summed E-state index contributed by atoms with van der Waals surface area (Å²) in [7, 11) is 1.56. The SMILES string of the molecule is COc1ccc(C(=O)[C@@H](OC(=O)C2c3ccccc3Oc3ccccc32)c2ccccc2)cc1. The molecule has 0 aromatic heterocycles. The van der Waals surface area contributed by atoms with Crippen LogP contribution >= 0.6 is 0 Å². The van der Waals surface area contributed by atoms with Crippen LogP contribution in [0, 0.1) is 0 Å². The number of Topliss-reactive ketones (excluding diaryl/α,β-unsaturated/α-hetero) is 1. The molecule has 5 nitrogen and oxygen atoms in total. The van der Waals surface area contributed by atoms with Gasteiger partial charge in [0.05, 0.1) is 7.11 Å². The number of para-hydroxylation sites is 2.